The van der Waals surface area contributed by atoms with Crippen molar-refractivity contribution in [1.29, 1.82) is 0 Å². The summed E-state index contributed by atoms with van der Waals surface area (Å²) in [6, 6.07) is 8.91. The van der Waals surface area contributed by atoms with Crippen LogP contribution >= 0.6 is 0 Å². The molecule has 1 atom stereocenters. The molecule has 1 aromatic rings. The Bertz CT molecular complexity index is 375. The Hall–Kier alpha value is -1.02. The number of fused-ring (bicyclic) bond motifs is 1. The fourth-order valence-corrected chi connectivity index (χ4v) is 3.27. The average Bonchev–Trinajstić information content (AvgIpc) is 2.62. The van der Waals surface area contributed by atoms with E-state index in [-0.39, 0.29) is 0 Å². The molecule has 0 amide bonds. The summed E-state index contributed by atoms with van der Waals surface area (Å²) in [7, 11) is 4.26. The maximum absolute atomic E-state index is 3.30. The Morgan fingerprint density at radius 3 is 2.76 bits per heavy atom. The van der Waals surface area contributed by atoms with Gasteiger partial charge in [-0.1, -0.05) is 31.5 Å². The van der Waals surface area contributed by atoms with Gasteiger partial charge in [0, 0.05) is 24.7 Å². The van der Waals surface area contributed by atoms with Gasteiger partial charge in [0.15, 0.2) is 0 Å². The molecule has 1 heterocycles. The lowest BCUT2D eigenvalue weighted by Crippen LogP contribution is -2.34. The molecule has 17 heavy (non-hydrogen) atoms. The van der Waals surface area contributed by atoms with E-state index >= 15 is 0 Å². The zero-order valence-electron chi connectivity index (χ0n) is 11.3. The third-order valence-corrected chi connectivity index (χ3v) is 4.01. The van der Waals surface area contributed by atoms with Gasteiger partial charge in [0.2, 0.25) is 0 Å². The Morgan fingerprint density at radius 2 is 2.06 bits per heavy atom. The molecule has 1 aliphatic heterocycles. The van der Waals surface area contributed by atoms with Gasteiger partial charge >= 0.3 is 0 Å². The van der Waals surface area contributed by atoms with Crippen LogP contribution in [-0.2, 0) is 5.41 Å². The van der Waals surface area contributed by atoms with Crippen LogP contribution in [0.25, 0.3) is 0 Å². The van der Waals surface area contributed by atoms with E-state index in [4.69, 9.17) is 0 Å². The first-order chi connectivity index (χ1) is 8.23. The van der Waals surface area contributed by atoms with Crippen LogP contribution in [0.5, 0.6) is 0 Å². The number of nitrogens with one attached hydrogen (secondary N) is 1. The Morgan fingerprint density at radius 1 is 1.29 bits per heavy atom. The minimum atomic E-state index is 0.364. The van der Waals surface area contributed by atoms with Gasteiger partial charge in [-0.25, -0.2) is 0 Å². The molecule has 0 saturated carbocycles. The monoisotopic (exact) mass is 232 g/mol. The quantitative estimate of drug-likeness (QED) is 0.840. The zero-order valence-corrected chi connectivity index (χ0v) is 11.3. The first kappa shape index (κ1) is 12.4. The van der Waals surface area contributed by atoms with E-state index in [2.05, 4.69) is 48.5 Å². The van der Waals surface area contributed by atoms with Crippen molar-refractivity contribution in [3.05, 3.63) is 29.8 Å². The SMILES string of the molecule is CCCC1(CCNC)CN(C)c2ccccc21. The summed E-state index contributed by atoms with van der Waals surface area (Å²) in [5.41, 5.74) is 3.35. The van der Waals surface area contributed by atoms with Gasteiger partial charge in [-0.05, 0) is 38.1 Å². The number of benzene rings is 1. The van der Waals surface area contributed by atoms with Crippen molar-refractivity contribution in [2.75, 3.05) is 32.1 Å². The highest BCUT2D eigenvalue weighted by Crippen LogP contribution is 2.44. The predicted molar refractivity (Wildman–Crippen MR) is 74.8 cm³/mol. The lowest BCUT2D eigenvalue weighted by Gasteiger charge is -2.30. The van der Waals surface area contributed by atoms with Crippen molar-refractivity contribution in [3.63, 3.8) is 0 Å². The van der Waals surface area contributed by atoms with Crippen LogP contribution < -0.4 is 10.2 Å². The van der Waals surface area contributed by atoms with E-state index < -0.39 is 0 Å². The van der Waals surface area contributed by atoms with Crippen LogP contribution in [0, 0.1) is 0 Å². The highest BCUT2D eigenvalue weighted by atomic mass is 15.1. The molecular formula is C15H24N2. The number of likely N-dealkylation sites (N-methyl/N-ethyl adjacent to an activating group) is 1. The minimum Gasteiger partial charge on any atom is -0.373 e. The molecule has 0 spiro atoms. The van der Waals surface area contributed by atoms with E-state index in [1.165, 1.54) is 31.5 Å². The van der Waals surface area contributed by atoms with Gasteiger partial charge < -0.3 is 10.2 Å². The second-order valence-corrected chi connectivity index (χ2v) is 5.26. The number of anilines is 1. The second kappa shape index (κ2) is 5.09. The summed E-state index contributed by atoms with van der Waals surface area (Å²) >= 11 is 0. The summed E-state index contributed by atoms with van der Waals surface area (Å²) < 4.78 is 0. The molecule has 0 saturated heterocycles. The first-order valence-corrected chi connectivity index (χ1v) is 6.69. The molecule has 0 bridgehead atoms. The Kier molecular flexibility index (Phi) is 3.72. The third-order valence-electron chi connectivity index (χ3n) is 4.01. The second-order valence-electron chi connectivity index (χ2n) is 5.26. The van der Waals surface area contributed by atoms with Gasteiger partial charge in [-0.2, -0.15) is 0 Å². The molecule has 0 radical (unpaired) electrons. The molecule has 2 rings (SSSR count). The van der Waals surface area contributed by atoms with Gasteiger partial charge in [0.05, 0.1) is 0 Å². The molecule has 2 heteroatoms. The largest absolute Gasteiger partial charge is 0.373 e. The molecule has 0 fully saturated rings. The van der Waals surface area contributed by atoms with Gasteiger partial charge in [0.25, 0.3) is 0 Å². The minimum absolute atomic E-state index is 0.364. The van der Waals surface area contributed by atoms with Crippen molar-refractivity contribution < 1.29 is 0 Å². The summed E-state index contributed by atoms with van der Waals surface area (Å²) in [5, 5.41) is 3.30. The van der Waals surface area contributed by atoms with Crippen LogP contribution in [0.2, 0.25) is 0 Å². The van der Waals surface area contributed by atoms with Crippen molar-refractivity contribution >= 4 is 5.69 Å². The Balaban J connectivity index is 2.34. The molecule has 2 nitrogen and oxygen atoms in total. The number of hydrogen-bond donors (Lipinski definition) is 1. The van der Waals surface area contributed by atoms with Crippen LogP contribution in [0.1, 0.15) is 31.7 Å². The number of para-hydroxylation sites is 1. The fraction of sp³-hybridized carbons (Fsp3) is 0.600. The molecule has 1 unspecified atom stereocenters. The number of nitrogens with zero attached hydrogens (tertiary/aromatic N) is 1. The molecule has 0 aliphatic carbocycles. The zero-order chi connectivity index (χ0) is 12.3. The highest BCUT2D eigenvalue weighted by Gasteiger charge is 2.39. The van der Waals surface area contributed by atoms with E-state index in [1.807, 2.05) is 7.05 Å². The predicted octanol–water partition coefficient (Wildman–Crippen LogP) is 2.78. The van der Waals surface area contributed by atoms with Crippen LogP contribution in [0.4, 0.5) is 5.69 Å². The smallest absolute Gasteiger partial charge is 0.0402 e. The molecule has 1 aliphatic rings. The van der Waals surface area contributed by atoms with E-state index in [1.54, 1.807) is 5.56 Å². The van der Waals surface area contributed by atoms with Gasteiger partial charge in [-0.15, -0.1) is 0 Å². The third kappa shape index (κ3) is 2.19. The van der Waals surface area contributed by atoms with Gasteiger partial charge in [-0.3, -0.25) is 0 Å². The lowest BCUT2D eigenvalue weighted by molar-refractivity contribution is 0.380. The standard InChI is InChI=1S/C15H24N2/c1-4-9-15(10-11-16-2)12-17(3)14-8-6-5-7-13(14)15/h5-8,16H,4,9-12H2,1-3H3. The van der Waals surface area contributed by atoms with Crippen molar-refractivity contribution in [1.82, 2.24) is 5.32 Å². The van der Waals surface area contributed by atoms with Crippen LogP contribution in [-0.4, -0.2) is 27.2 Å². The molecular weight excluding hydrogens is 208 g/mol. The van der Waals surface area contributed by atoms with Crippen LogP contribution in [0.15, 0.2) is 24.3 Å². The summed E-state index contributed by atoms with van der Waals surface area (Å²) in [6.45, 7) is 4.56. The van der Waals surface area contributed by atoms with Crippen LogP contribution in [0.3, 0.4) is 0 Å². The molecule has 1 aromatic carbocycles. The van der Waals surface area contributed by atoms with Crippen molar-refractivity contribution in [2.45, 2.75) is 31.6 Å². The van der Waals surface area contributed by atoms with E-state index in [9.17, 15) is 0 Å². The summed E-state index contributed by atoms with van der Waals surface area (Å²) in [5.74, 6) is 0. The number of hydrogen-bond acceptors (Lipinski definition) is 2. The Labute approximate surface area is 105 Å². The topological polar surface area (TPSA) is 15.3 Å². The molecule has 0 aromatic heterocycles. The van der Waals surface area contributed by atoms with E-state index in [0.717, 1.165) is 6.54 Å². The highest BCUT2D eigenvalue weighted by molar-refractivity contribution is 5.62. The van der Waals surface area contributed by atoms with Crippen molar-refractivity contribution in [3.8, 4) is 0 Å². The lowest BCUT2D eigenvalue weighted by atomic mass is 9.76. The normalized spacial score (nSPS) is 22.9. The first-order valence-electron chi connectivity index (χ1n) is 6.69. The maximum atomic E-state index is 3.30. The van der Waals surface area contributed by atoms with E-state index in [0.29, 0.717) is 5.41 Å². The fourth-order valence-electron chi connectivity index (χ4n) is 3.27. The van der Waals surface area contributed by atoms with Gasteiger partial charge in [0.1, 0.15) is 0 Å². The molecule has 1 N–H and O–H groups in total. The number of rotatable bonds is 5. The average molecular weight is 232 g/mol. The summed E-state index contributed by atoms with van der Waals surface area (Å²) in [6.07, 6.45) is 3.78. The maximum Gasteiger partial charge on any atom is 0.0402 e. The van der Waals surface area contributed by atoms with Crippen molar-refractivity contribution in [2.24, 2.45) is 0 Å². The molecule has 94 valence electrons. The summed E-state index contributed by atoms with van der Waals surface area (Å²) in [4.78, 5) is 2.42.